The van der Waals surface area contributed by atoms with Gasteiger partial charge in [-0.25, -0.2) is 17.2 Å². The second kappa shape index (κ2) is 11.7. The molecule has 1 aliphatic rings. The van der Waals surface area contributed by atoms with E-state index >= 15 is 0 Å². The Morgan fingerprint density at radius 1 is 0.923 bits per heavy atom. The zero-order valence-electron chi connectivity index (χ0n) is 21.3. The van der Waals surface area contributed by atoms with Crippen LogP contribution in [0.4, 0.5) is 14.5 Å². The van der Waals surface area contributed by atoms with Crippen molar-refractivity contribution in [2.75, 3.05) is 31.1 Å². The fraction of sp³-hybridized carbons (Fsp3) is 0.259. The normalized spacial score (nSPS) is 13.3. The van der Waals surface area contributed by atoms with Crippen molar-refractivity contribution in [1.82, 2.24) is 10.2 Å². The van der Waals surface area contributed by atoms with Gasteiger partial charge in [-0.3, -0.25) is 13.9 Å². The zero-order valence-corrected chi connectivity index (χ0v) is 22.1. The number of benzene rings is 3. The summed E-state index contributed by atoms with van der Waals surface area (Å²) in [4.78, 5) is 27.2. The van der Waals surface area contributed by atoms with Crippen molar-refractivity contribution in [3.05, 3.63) is 83.9 Å². The van der Waals surface area contributed by atoms with E-state index in [1.165, 1.54) is 73.5 Å². The van der Waals surface area contributed by atoms with Crippen molar-refractivity contribution in [1.29, 1.82) is 0 Å². The maximum absolute atomic E-state index is 13.9. The van der Waals surface area contributed by atoms with Gasteiger partial charge in [0.05, 0.1) is 10.6 Å². The number of rotatable bonds is 9. The van der Waals surface area contributed by atoms with Gasteiger partial charge in [-0.1, -0.05) is 12.1 Å². The second-order valence-corrected chi connectivity index (χ2v) is 10.6. The average Bonchev–Trinajstić information content (AvgIpc) is 2.94. The van der Waals surface area contributed by atoms with E-state index in [4.69, 9.17) is 9.47 Å². The van der Waals surface area contributed by atoms with Crippen molar-refractivity contribution in [2.24, 2.45) is 0 Å². The van der Waals surface area contributed by atoms with Crippen molar-refractivity contribution in [2.45, 2.75) is 24.4 Å². The largest absolute Gasteiger partial charge is 0.486 e. The van der Waals surface area contributed by atoms with E-state index in [0.29, 0.717) is 17.9 Å². The lowest BCUT2D eigenvalue weighted by Crippen LogP contribution is -2.50. The van der Waals surface area contributed by atoms with Gasteiger partial charge in [0.25, 0.3) is 10.0 Å². The zero-order chi connectivity index (χ0) is 28.2. The van der Waals surface area contributed by atoms with E-state index in [9.17, 15) is 26.8 Å². The molecule has 1 heterocycles. The number of nitrogens with zero attached hydrogens (tertiary/aromatic N) is 2. The third kappa shape index (κ3) is 6.28. The molecule has 1 N–H and O–H groups in total. The summed E-state index contributed by atoms with van der Waals surface area (Å²) in [6.07, 6.45) is 0. The number of fused-ring (bicyclic) bond motifs is 1. The first-order chi connectivity index (χ1) is 18.6. The summed E-state index contributed by atoms with van der Waals surface area (Å²) < 4.78 is 66.7. The van der Waals surface area contributed by atoms with Crippen LogP contribution in [0.2, 0.25) is 0 Å². The Bertz CT molecular complexity index is 1450. The van der Waals surface area contributed by atoms with Crippen molar-refractivity contribution >= 4 is 27.5 Å². The minimum atomic E-state index is -4.38. The highest BCUT2D eigenvalue weighted by molar-refractivity contribution is 7.92. The highest BCUT2D eigenvalue weighted by Gasteiger charge is 2.33. The molecule has 1 atom stereocenters. The summed E-state index contributed by atoms with van der Waals surface area (Å²) in [6, 6.07) is 13.1. The molecular formula is C27H27F2N3O6S. The van der Waals surface area contributed by atoms with Crippen LogP contribution in [-0.2, 0) is 26.2 Å². The molecule has 0 bridgehead atoms. The quantitative estimate of drug-likeness (QED) is 0.432. The lowest BCUT2D eigenvalue weighted by molar-refractivity contribution is -0.139. The molecule has 0 fully saturated rings. The van der Waals surface area contributed by atoms with Gasteiger partial charge in [-0.2, -0.15) is 0 Å². The smallest absolute Gasteiger partial charge is 0.264 e. The van der Waals surface area contributed by atoms with Gasteiger partial charge < -0.3 is 19.7 Å². The number of carbonyl (C=O) groups is 2. The Morgan fingerprint density at radius 2 is 1.51 bits per heavy atom. The minimum absolute atomic E-state index is 0.0361. The van der Waals surface area contributed by atoms with Crippen LogP contribution in [0.1, 0.15) is 12.5 Å². The summed E-state index contributed by atoms with van der Waals surface area (Å²) in [7, 11) is -2.97. The first kappa shape index (κ1) is 27.8. The number of sulfonamides is 1. The molecule has 0 radical (unpaired) electrons. The molecule has 1 aliphatic heterocycles. The van der Waals surface area contributed by atoms with E-state index in [1.807, 2.05) is 0 Å². The Morgan fingerprint density at radius 3 is 2.13 bits per heavy atom. The Balaban J connectivity index is 1.72. The molecule has 0 aliphatic carbocycles. The van der Waals surface area contributed by atoms with Gasteiger partial charge in [-0.15, -0.1) is 0 Å². The number of amides is 2. The van der Waals surface area contributed by atoms with Crippen molar-refractivity contribution in [3.8, 4) is 11.5 Å². The van der Waals surface area contributed by atoms with Crippen LogP contribution < -0.4 is 19.1 Å². The maximum Gasteiger partial charge on any atom is 0.264 e. The Hall–Kier alpha value is -4.19. The molecule has 0 saturated heterocycles. The molecule has 3 aromatic rings. The van der Waals surface area contributed by atoms with Gasteiger partial charge in [0.1, 0.15) is 37.4 Å². The van der Waals surface area contributed by atoms with Crippen LogP contribution in [0.25, 0.3) is 0 Å². The van der Waals surface area contributed by atoms with Crippen LogP contribution >= 0.6 is 0 Å². The van der Waals surface area contributed by atoms with Gasteiger partial charge in [0.2, 0.25) is 11.8 Å². The van der Waals surface area contributed by atoms with Crippen LogP contribution in [-0.4, -0.2) is 58.0 Å². The molecule has 206 valence electrons. The summed E-state index contributed by atoms with van der Waals surface area (Å²) in [5.41, 5.74) is 0.567. The summed E-state index contributed by atoms with van der Waals surface area (Å²) in [6.45, 7) is 1.27. The molecule has 0 aromatic heterocycles. The predicted molar refractivity (Wildman–Crippen MR) is 139 cm³/mol. The first-order valence-corrected chi connectivity index (χ1v) is 13.5. The fourth-order valence-electron chi connectivity index (χ4n) is 4.03. The van der Waals surface area contributed by atoms with E-state index in [-0.39, 0.29) is 29.5 Å². The molecule has 3 aromatic carbocycles. The Kier molecular flexibility index (Phi) is 8.34. The molecule has 12 heteroatoms. The number of likely N-dealkylation sites (N-methyl/N-ethyl adjacent to an activating group) is 1. The SMILES string of the molecule is CNC(=O)[C@H](C)N(Cc1ccc(F)cc1)C(=O)CN(c1ccc(F)cc1)S(=O)(=O)c1ccc2c(c1)OCCO2. The van der Waals surface area contributed by atoms with Gasteiger partial charge in [0, 0.05) is 19.7 Å². The van der Waals surface area contributed by atoms with Crippen LogP contribution in [0, 0.1) is 11.6 Å². The monoisotopic (exact) mass is 559 g/mol. The molecule has 39 heavy (non-hydrogen) atoms. The lowest BCUT2D eigenvalue weighted by Gasteiger charge is -2.32. The average molecular weight is 560 g/mol. The number of carbonyl (C=O) groups excluding carboxylic acids is 2. The minimum Gasteiger partial charge on any atom is -0.486 e. The lowest BCUT2D eigenvalue weighted by atomic mass is 10.1. The predicted octanol–water partition coefficient (Wildman–Crippen LogP) is 3.09. The molecule has 9 nitrogen and oxygen atoms in total. The highest BCUT2D eigenvalue weighted by Crippen LogP contribution is 2.34. The van der Waals surface area contributed by atoms with Crippen LogP contribution in [0.15, 0.2) is 71.6 Å². The summed E-state index contributed by atoms with van der Waals surface area (Å²) in [5, 5.41) is 2.48. The van der Waals surface area contributed by atoms with E-state index in [2.05, 4.69) is 5.32 Å². The van der Waals surface area contributed by atoms with Crippen molar-refractivity contribution in [3.63, 3.8) is 0 Å². The number of halogens is 2. The Labute approximate surface area is 225 Å². The summed E-state index contributed by atoms with van der Waals surface area (Å²) >= 11 is 0. The number of anilines is 1. The van der Waals surface area contributed by atoms with Crippen LogP contribution in [0.3, 0.4) is 0 Å². The fourth-order valence-corrected chi connectivity index (χ4v) is 5.46. The number of hydrogen-bond acceptors (Lipinski definition) is 6. The van der Waals surface area contributed by atoms with Crippen molar-refractivity contribution < 1.29 is 36.3 Å². The summed E-state index contributed by atoms with van der Waals surface area (Å²) in [5.74, 6) is -1.63. The number of nitrogens with one attached hydrogen (secondary N) is 1. The topological polar surface area (TPSA) is 105 Å². The van der Waals surface area contributed by atoms with E-state index in [0.717, 1.165) is 16.4 Å². The molecule has 0 saturated carbocycles. The standard InChI is InChI=1S/C27H27F2N3O6S/c1-18(27(34)30-2)31(16-19-3-5-20(28)6-4-19)26(33)17-32(22-9-7-21(29)8-10-22)39(35,36)23-11-12-24-25(15-23)38-14-13-37-24/h3-12,15,18H,13-14,16-17H2,1-2H3,(H,30,34)/t18-/m0/s1. The van der Waals surface area contributed by atoms with E-state index < -0.39 is 46.1 Å². The van der Waals surface area contributed by atoms with Gasteiger partial charge in [0.15, 0.2) is 11.5 Å². The molecule has 4 rings (SSSR count). The molecular weight excluding hydrogens is 532 g/mol. The van der Waals surface area contributed by atoms with E-state index in [1.54, 1.807) is 0 Å². The number of hydrogen-bond donors (Lipinski definition) is 1. The molecule has 2 amide bonds. The molecule has 0 unspecified atom stereocenters. The van der Waals surface area contributed by atoms with Gasteiger partial charge in [-0.05, 0) is 61.0 Å². The maximum atomic E-state index is 13.9. The third-order valence-corrected chi connectivity index (χ3v) is 7.94. The van der Waals surface area contributed by atoms with Gasteiger partial charge >= 0.3 is 0 Å². The molecule has 0 spiro atoms. The highest BCUT2D eigenvalue weighted by atomic mass is 32.2. The number of ether oxygens (including phenoxy) is 2. The van der Waals surface area contributed by atoms with Crippen LogP contribution in [0.5, 0.6) is 11.5 Å². The first-order valence-electron chi connectivity index (χ1n) is 12.0. The second-order valence-electron chi connectivity index (χ2n) is 8.73. The third-order valence-electron chi connectivity index (χ3n) is 6.17.